The summed E-state index contributed by atoms with van der Waals surface area (Å²) in [7, 11) is 1.59. The zero-order chi connectivity index (χ0) is 22.0. The van der Waals surface area contributed by atoms with E-state index < -0.39 is 6.04 Å². The Morgan fingerprint density at radius 1 is 1.10 bits per heavy atom. The summed E-state index contributed by atoms with van der Waals surface area (Å²) in [6, 6.07) is 12.5. The minimum Gasteiger partial charge on any atom is -0.494 e. The van der Waals surface area contributed by atoms with Crippen molar-refractivity contribution in [2.24, 2.45) is 0 Å². The summed E-state index contributed by atoms with van der Waals surface area (Å²) in [4.78, 5) is 28.4. The molecule has 0 N–H and O–H groups in total. The first-order valence-electron chi connectivity index (χ1n) is 10.6. The molecule has 4 rings (SSSR count). The first kappa shape index (κ1) is 21.1. The molecule has 1 aliphatic heterocycles. The number of ether oxygens (including phenoxy) is 2. The smallest absolute Gasteiger partial charge is 0.290 e. The molecule has 2 aromatic carbocycles. The molecule has 0 aliphatic carbocycles. The molecule has 2 heterocycles. The normalized spacial score (nSPS) is 15.5. The van der Waals surface area contributed by atoms with E-state index in [2.05, 4.69) is 6.92 Å². The van der Waals surface area contributed by atoms with E-state index in [-0.39, 0.29) is 17.1 Å². The van der Waals surface area contributed by atoms with Crippen LogP contribution in [0.25, 0.3) is 11.0 Å². The van der Waals surface area contributed by atoms with Crippen molar-refractivity contribution in [2.45, 2.75) is 32.7 Å². The lowest BCUT2D eigenvalue weighted by molar-refractivity contribution is 0.0663. The second-order valence-corrected chi connectivity index (χ2v) is 7.84. The Labute approximate surface area is 181 Å². The Bertz CT molecular complexity index is 1170. The van der Waals surface area contributed by atoms with Gasteiger partial charge in [0.2, 0.25) is 5.76 Å². The van der Waals surface area contributed by atoms with Crippen LogP contribution in [0.4, 0.5) is 0 Å². The van der Waals surface area contributed by atoms with Crippen LogP contribution in [0.2, 0.25) is 0 Å². The molecule has 0 spiro atoms. The van der Waals surface area contributed by atoms with Crippen molar-refractivity contribution in [3.05, 3.63) is 75.1 Å². The van der Waals surface area contributed by atoms with Crippen LogP contribution in [0.1, 0.15) is 53.1 Å². The van der Waals surface area contributed by atoms with Gasteiger partial charge < -0.3 is 18.8 Å². The average molecular weight is 421 g/mol. The molecule has 31 heavy (non-hydrogen) atoms. The van der Waals surface area contributed by atoms with E-state index in [1.165, 1.54) is 0 Å². The Hall–Kier alpha value is -3.12. The summed E-state index contributed by atoms with van der Waals surface area (Å²) in [6.07, 6.45) is 2.01. The largest absolute Gasteiger partial charge is 0.494 e. The Morgan fingerprint density at radius 2 is 1.94 bits per heavy atom. The Kier molecular flexibility index (Phi) is 6.09. The van der Waals surface area contributed by atoms with Crippen LogP contribution in [0.15, 0.2) is 51.7 Å². The number of amides is 1. The lowest BCUT2D eigenvalue weighted by atomic mass is 9.98. The molecule has 1 unspecified atom stereocenters. The monoisotopic (exact) mass is 421 g/mol. The Balaban J connectivity index is 1.85. The van der Waals surface area contributed by atoms with Crippen LogP contribution in [0.3, 0.4) is 0 Å². The topological polar surface area (TPSA) is 69.0 Å². The zero-order valence-electron chi connectivity index (χ0n) is 18.1. The van der Waals surface area contributed by atoms with Crippen LogP contribution < -0.4 is 10.2 Å². The lowest BCUT2D eigenvalue weighted by Crippen LogP contribution is -2.32. The molecule has 1 aromatic heterocycles. The molecule has 0 fully saturated rings. The number of rotatable bonds is 8. The van der Waals surface area contributed by atoms with E-state index >= 15 is 0 Å². The van der Waals surface area contributed by atoms with Gasteiger partial charge in [-0.1, -0.05) is 37.1 Å². The minimum absolute atomic E-state index is 0.111. The molecule has 1 aliphatic rings. The third-order valence-electron chi connectivity index (χ3n) is 5.60. The first-order valence-corrected chi connectivity index (χ1v) is 10.6. The highest BCUT2D eigenvalue weighted by Gasteiger charge is 2.42. The molecule has 0 bridgehead atoms. The Morgan fingerprint density at radius 3 is 2.71 bits per heavy atom. The second kappa shape index (κ2) is 8.94. The zero-order valence-corrected chi connectivity index (χ0v) is 18.1. The van der Waals surface area contributed by atoms with Crippen LogP contribution in [0, 0.1) is 6.92 Å². The van der Waals surface area contributed by atoms with Crippen LogP contribution in [-0.4, -0.2) is 37.7 Å². The van der Waals surface area contributed by atoms with E-state index in [0.29, 0.717) is 36.3 Å². The van der Waals surface area contributed by atoms with E-state index in [1.807, 2.05) is 43.3 Å². The molecular formula is C25H27NO5. The molecule has 1 atom stereocenters. The quantitative estimate of drug-likeness (QED) is 0.502. The highest BCUT2D eigenvalue weighted by atomic mass is 16.5. The predicted molar refractivity (Wildman–Crippen MR) is 119 cm³/mol. The van der Waals surface area contributed by atoms with Crippen molar-refractivity contribution in [1.29, 1.82) is 0 Å². The van der Waals surface area contributed by atoms with Gasteiger partial charge in [0.15, 0.2) is 5.43 Å². The third-order valence-corrected chi connectivity index (χ3v) is 5.60. The number of carbonyl (C=O) groups is 1. The molecule has 1 amide bonds. The van der Waals surface area contributed by atoms with E-state index in [1.54, 1.807) is 18.1 Å². The number of aryl methyl sites for hydroxylation is 1. The second-order valence-electron chi connectivity index (χ2n) is 7.84. The van der Waals surface area contributed by atoms with Crippen LogP contribution >= 0.6 is 0 Å². The van der Waals surface area contributed by atoms with Crippen molar-refractivity contribution in [3.63, 3.8) is 0 Å². The first-order chi connectivity index (χ1) is 15.0. The third kappa shape index (κ3) is 3.95. The van der Waals surface area contributed by atoms with E-state index in [4.69, 9.17) is 13.9 Å². The lowest BCUT2D eigenvalue weighted by Gasteiger charge is -2.25. The predicted octanol–water partition coefficient (Wildman–Crippen LogP) is 4.47. The van der Waals surface area contributed by atoms with Crippen LogP contribution in [-0.2, 0) is 4.74 Å². The average Bonchev–Trinajstić information content (AvgIpc) is 3.05. The molecule has 3 aromatic rings. The number of nitrogens with zero attached hydrogens (tertiary/aromatic N) is 1. The van der Waals surface area contributed by atoms with E-state index in [9.17, 15) is 9.59 Å². The fourth-order valence-electron chi connectivity index (χ4n) is 4.01. The van der Waals surface area contributed by atoms with Gasteiger partial charge in [-0.05, 0) is 43.2 Å². The molecule has 0 saturated heterocycles. The number of carbonyl (C=O) groups excluding carboxylic acids is 1. The molecule has 6 nitrogen and oxygen atoms in total. The summed E-state index contributed by atoms with van der Waals surface area (Å²) < 4.78 is 17.0. The summed E-state index contributed by atoms with van der Waals surface area (Å²) in [5, 5.41) is 0.487. The fraction of sp³-hybridized carbons (Fsp3) is 0.360. The molecular weight excluding hydrogens is 394 g/mol. The molecule has 6 heteroatoms. The van der Waals surface area contributed by atoms with Crippen molar-refractivity contribution >= 4 is 16.9 Å². The maximum Gasteiger partial charge on any atom is 0.290 e. The summed E-state index contributed by atoms with van der Waals surface area (Å²) in [6.45, 7) is 5.37. The van der Waals surface area contributed by atoms with Gasteiger partial charge in [-0.15, -0.1) is 0 Å². The van der Waals surface area contributed by atoms with Crippen molar-refractivity contribution in [1.82, 2.24) is 4.90 Å². The van der Waals surface area contributed by atoms with Gasteiger partial charge in [-0.2, -0.15) is 0 Å². The van der Waals surface area contributed by atoms with Gasteiger partial charge in [-0.3, -0.25) is 9.59 Å². The van der Waals surface area contributed by atoms with Gasteiger partial charge >= 0.3 is 0 Å². The van der Waals surface area contributed by atoms with Crippen molar-refractivity contribution in [2.75, 3.05) is 26.9 Å². The highest BCUT2D eigenvalue weighted by Crippen LogP contribution is 2.38. The number of methoxy groups -OCH3 is 1. The summed E-state index contributed by atoms with van der Waals surface area (Å²) in [5.41, 5.74) is 2.41. The van der Waals surface area contributed by atoms with Crippen LogP contribution in [0.5, 0.6) is 5.75 Å². The number of hydrogen-bond acceptors (Lipinski definition) is 5. The van der Waals surface area contributed by atoms with E-state index in [0.717, 1.165) is 29.7 Å². The summed E-state index contributed by atoms with van der Waals surface area (Å²) >= 11 is 0. The summed E-state index contributed by atoms with van der Waals surface area (Å²) in [5.74, 6) is 0.535. The number of unbranched alkanes of at least 4 members (excludes halogenated alkanes) is 1. The highest BCUT2D eigenvalue weighted by molar-refractivity contribution is 5.99. The maximum absolute atomic E-state index is 13.5. The van der Waals surface area contributed by atoms with Gasteiger partial charge in [0, 0.05) is 13.7 Å². The maximum atomic E-state index is 13.5. The number of fused-ring (bicyclic) bond motifs is 2. The van der Waals surface area contributed by atoms with Crippen molar-refractivity contribution in [3.8, 4) is 5.75 Å². The van der Waals surface area contributed by atoms with Gasteiger partial charge in [-0.25, -0.2) is 0 Å². The number of benzene rings is 2. The minimum atomic E-state index is -0.548. The SMILES string of the molecule is CCCCOc1cccc(C2c3c(oc4ccc(C)cc4c3=O)C(=O)N2CCOC)c1. The molecule has 162 valence electrons. The number of hydrogen-bond donors (Lipinski definition) is 0. The van der Waals surface area contributed by atoms with Crippen molar-refractivity contribution < 1.29 is 18.7 Å². The molecule has 0 radical (unpaired) electrons. The standard InChI is InChI=1S/C25H27NO5/c1-4-5-12-30-18-8-6-7-17(15-18)22-21-23(27)19-14-16(2)9-10-20(19)31-24(21)25(28)26(22)11-13-29-3/h6-10,14-15,22H,4-5,11-13H2,1-3H3. The van der Waals surface area contributed by atoms with Gasteiger partial charge in [0.05, 0.1) is 30.2 Å². The molecule has 0 saturated carbocycles. The van der Waals surface area contributed by atoms with Gasteiger partial charge in [0.1, 0.15) is 11.3 Å². The fourth-order valence-corrected chi connectivity index (χ4v) is 4.01. The van der Waals surface area contributed by atoms with Gasteiger partial charge in [0.25, 0.3) is 5.91 Å².